The maximum absolute atomic E-state index is 11.9. The fourth-order valence-electron chi connectivity index (χ4n) is 1.92. The van der Waals surface area contributed by atoms with Gasteiger partial charge in [-0.25, -0.2) is 0 Å². The van der Waals surface area contributed by atoms with E-state index < -0.39 is 5.60 Å². The minimum absolute atomic E-state index is 0.0384. The second-order valence-electron chi connectivity index (χ2n) is 5.30. The first-order chi connectivity index (χ1) is 8.90. The van der Waals surface area contributed by atoms with Gasteiger partial charge in [0.25, 0.3) is 0 Å². The normalized spacial score (nSPS) is 11.4. The van der Waals surface area contributed by atoms with Crippen molar-refractivity contribution in [3.63, 3.8) is 0 Å². The number of amides is 1. The average molecular weight is 263 g/mol. The Morgan fingerprint density at radius 2 is 1.84 bits per heavy atom. The Balaban J connectivity index is 2.53. The maximum atomic E-state index is 11.9. The Bertz CT molecular complexity index is 436. The van der Waals surface area contributed by atoms with Gasteiger partial charge < -0.3 is 10.4 Å². The molecule has 0 saturated carbocycles. The van der Waals surface area contributed by atoms with Crippen molar-refractivity contribution in [2.45, 2.75) is 52.6 Å². The lowest BCUT2D eigenvalue weighted by Crippen LogP contribution is -2.42. The summed E-state index contributed by atoms with van der Waals surface area (Å²) >= 11 is 0. The Labute approximate surface area is 116 Å². The van der Waals surface area contributed by atoms with Crippen molar-refractivity contribution in [3.05, 3.63) is 34.9 Å². The molecule has 1 aromatic rings. The minimum Gasteiger partial charge on any atom is -0.388 e. The van der Waals surface area contributed by atoms with E-state index >= 15 is 0 Å². The highest BCUT2D eigenvalue weighted by Crippen LogP contribution is 2.13. The molecule has 2 N–H and O–H groups in total. The van der Waals surface area contributed by atoms with E-state index in [2.05, 4.69) is 12.2 Å². The zero-order valence-corrected chi connectivity index (χ0v) is 12.4. The minimum atomic E-state index is -0.779. The monoisotopic (exact) mass is 263 g/mol. The van der Waals surface area contributed by atoms with Crippen molar-refractivity contribution < 1.29 is 9.90 Å². The van der Waals surface area contributed by atoms with E-state index in [1.165, 1.54) is 11.1 Å². The number of carbonyl (C=O) groups excluding carboxylic acids is 1. The first-order valence-corrected chi connectivity index (χ1v) is 6.95. The summed E-state index contributed by atoms with van der Waals surface area (Å²) in [5.74, 6) is -0.0384. The van der Waals surface area contributed by atoms with Crippen LogP contribution in [-0.4, -0.2) is 23.2 Å². The van der Waals surface area contributed by atoms with Crippen LogP contribution in [0.4, 0.5) is 0 Å². The first-order valence-electron chi connectivity index (χ1n) is 6.95. The van der Waals surface area contributed by atoms with Crippen LogP contribution in [0.15, 0.2) is 18.2 Å². The van der Waals surface area contributed by atoms with Gasteiger partial charge in [-0.15, -0.1) is 0 Å². The van der Waals surface area contributed by atoms with Gasteiger partial charge in [-0.3, -0.25) is 4.79 Å². The molecule has 0 radical (unpaired) electrons. The third-order valence-electron chi connectivity index (χ3n) is 3.87. The molecule has 0 atom stereocenters. The molecule has 0 aromatic heterocycles. The molecule has 0 bridgehead atoms. The highest BCUT2D eigenvalue weighted by molar-refractivity contribution is 5.78. The maximum Gasteiger partial charge on any atom is 0.224 e. The van der Waals surface area contributed by atoms with Crippen molar-refractivity contribution in [1.82, 2.24) is 5.32 Å². The Morgan fingerprint density at radius 1 is 1.21 bits per heavy atom. The van der Waals surface area contributed by atoms with E-state index in [1.807, 2.05) is 39.0 Å². The molecular formula is C16H25NO2. The van der Waals surface area contributed by atoms with Crippen LogP contribution in [0.25, 0.3) is 0 Å². The van der Waals surface area contributed by atoms with Crippen LogP contribution in [0.1, 0.15) is 43.4 Å². The van der Waals surface area contributed by atoms with E-state index in [9.17, 15) is 9.90 Å². The number of carbonyl (C=O) groups is 1. The molecule has 1 aromatic carbocycles. The van der Waals surface area contributed by atoms with Gasteiger partial charge in [0, 0.05) is 6.54 Å². The largest absolute Gasteiger partial charge is 0.388 e. The van der Waals surface area contributed by atoms with Crippen molar-refractivity contribution in [2.24, 2.45) is 0 Å². The predicted octanol–water partition coefficient (Wildman–Crippen LogP) is 2.51. The number of hydrogen-bond acceptors (Lipinski definition) is 2. The van der Waals surface area contributed by atoms with Gasteiger partial charge >= 0.3 is 0 Å². The summed E-state index contributed by atoms with van der Waals surface area (Å²) in [4.78, 5) is 11.9. The zero-order valence-electron chi connectivity index (χ0n) is 12.4. The van der Waals surface area contributed by atoms with Gasteiger partial charge in [-0.05, 0) is 43.4 Å². The third kappa shape index (κ3) is 4.67. The lowest BCUT2D eigenvalue weighted by Gasteiger charge is -2.25. The molecule has 0 unspecified atom stereocenters. The Morgan fingerprint density at radius 3 is 2.37 bits per heavy atom. The summed E-state index contributed by atoms with van der Waals surface area (Å²) in [6.45, 7) is 8.28. The van der Waals surface area contributed by atoms with E-state index in [0.29, 0.717) is 25.8 Å². The highest BCUT2D eigenvalue weighted by Gasteiger charge is 2.22. The zero-order chi connectivity index (χ0) is 14.5. The van der Waals surface area contributed by atoms with Crippen LogP contribution in [0.5, 0.6) is 0 Å². The number of rotatable bonds is 6. The van der Waals surface area contributed by atoms with Crippen LogP contribution in [-0.2, 0) is 11.2 Å². The van der Waals surface area contributed by atoms with Crippen LogP contribution in [0.2, 0.25) is 0 Å². The first kappa shape index (κ1) is 15.7. The van der Waals surface area contributed by atoms with Gasteiger partial charge in [-0.1, -0.05) is 32.0 Å². The number of benzene rings is 1. The van der Waals surface area contributed by atoms with Gasteiger partial charge in [-0.2, -0.15) is 0 Å². The molecule has 0 fully saturated rings. The lowest BCUT2D eigenvalue weighted by molar-refractivity contribution is -0.121. The van der Waals surface area contributed by atoms with Gasteiger partial charge in [0.1, 0.15) is 0 Å². The second kappa shape index (κ2) is 6.71. The van der Waals surface area contributed by atoms with Crippen molar-refractivity contribution in [2.75, 3.05) is 6.54 Å². The topological polar surface area (TPSA) is 49.3 Å². The quantitative estimate of drug-likeness (QED) is 0.828. The number of aliphatic hydroxyl groups is 1. The molecule has 0 aliphatic heterocycles. The molecule has 0 spiro atoms. The van der Waals surface area contributed by atoms with E-state index in [0.717, 1.165) is 5.56 Å². The molecule has 106 valence electrons. The summed E-state index contributed by atoms with van der Waals surface area (Å²) in [7, 11) is 0. The van der Waals surface area contributed by atoms with Crippen molar-refractivity contribution in [1.29, 1.82) is 0 Å². The van der Waals surface area contributed by atoms with Crippen LogP contribution in [0, 0.1) is 13.8 Å². The fourth-order valence-corrected chi connectivity index (χ4v) is 1.92. The van der Waals surface area contributed by atoms with Crippen LogP contribution < -0.4 is 5.32 Å². The predicted molar refractivity (Wildman–Crippen MR) is 78.2 cm³/mol. The molecule has 3 heteroatoms. The smallest absolute Gasteiger partial charge is 0.224 e. The number of nitrogens with one attached hydrogen (secondary N) is 1. The third-order valence-corrected chi connectivity index (χ3v) is 3.87. The summed E-state index contributed by atoms with van der Waals surface area (Å²) in [6, 6.07) is 6.06. The van der Waals surface area contributed by atoms with E-state index in [1.54, 1.807) is 0 Å². The Hall–Kier alpha value is -1.35. The van der Waals surface area contributed by atoms with Gasteiger partial charge in [0.05, 0.1) is 12.0 Å². The molecule has 3 nitrogen and oxygen atoms in total. The fraction of sp³-hybridized carbons (Fsp3) is 0.562. The summed E-state index contributed by atoms with van der Waals surface area (Å²) in [5, 5.41) is 12.9. The SMILES string of the molecule is CCC(O)(CC)CNC(=O)Cc1ccc(C)c(C)c1. The molecule has 0 aliphatic rings. The molecular weight excluding hydrogens is 238 g/mol. The van der Waals surface area contributed by atoms with Crippen LogP contribution in [0.3, 0.4) is 0 Å². The standard InChI is InChI=1S/C16H25NO2/c1-5-16(19,6-2)11-17-15(18)10-14-8-7-12(3)13(4)9-14/h7-9,19H,5-6,10-11H2,1-4H3,(H,17,18). The number of hydrogen-bond donors (Lipinski definition) is 2. The summed E-state index contributed by atoms with van der Waals surface area (Å²) in [6.07, 6.45) is 1.66. The summed E-state index contributed by atoms with van der Waals surface area (Å²) in [5.41, 5.74) is 2.66. The number of aryl methyl sites for hydroxylation is 2. The van der Waals surface area contributed by atoms with Crippen molar-refractivity contribution in [3.8, 4) is 0 Å². The second-order valence-corrected chi connectivity index (χ2v) is 5.30. The van der Waals surface area contributed by atoms with E-state index in [4.69, 9.17) is 0 Å². The molecule has 1 rings (SSSR count). The molecule has 0 heterocycles. The highest BCUT2D eigenvalue weighted by atomic mass is 16.3. The molecule has 0 aliphatic carbocycles. The lowest BCUT2D eigenvalue weighted by atomic mass is 9.97. The van der Waals surface area contributed by atoms with Crippen LogP contribution >= 0.6 is 0 Å². The summed E-state index contributed by atoms with van der Waals surface area (Å²) < 4.78 is 0. The molecule has 1 amide bonds. The van der Waals surface area contributed by atoms with Gasteiger partial charge in [0.2, 0.25) is 5.91 Å². The van der Waals surface area contributed by atoms with E-state index in [-0.39, 0.29) is 5.91 Å². The average Bonchev–Trinajstić information content (AvgIpc) is 2.40. The Kier molecular flexibility index (Phi) is 5.55. The van der Waals surface area contributed by atoms with Gasteiger partial charge in [0.15, 0.2) is 0 Å². The molecule has 19 heavy (non-hydrogen) atoms. The molecule has 0 saturated heterocycles. The van der Waals surface area contributed by atoms with Crippen molar-refractivity contribution >= 4 is 5.91 Å².